The Morgan fingerprint density at radius 3 is 2.63 bits per heavy atom. The first-order valence-electron chi connectivity index (χ1n) is 10.3. The summed E-state index contributed by atoms with van der Waals surface area (Å²) in [5, 5.41) is 3.07. The third-order valence-electron chi connectivity index (χ3n) is 5.43. The molecule has 5 nitrogen and oxygen atoms in total. The highest BCUT2D eigenvalue weighted by Gasteiger charge is 2.25. The van der Waals surface area contributed by atoms with Crippen molar-refractivity contribution in [1.29, 1.82) is 0 Å². The van der Waals surface area contributed by atoms with Crippen molar-refractivity contribution in [3.05, 3.63) is 78.6 Å². The van der Waals surface area contributed by atoms with E-state index in [0.717, 1.165) is 33.6 Å². The van der Waals surface area contributed by atoms with Crippen LogP contribution in [0.15, 0.2) is 73.1 Å². The molecule has 30 heavy (non-hydrogen) atoms. The third kappa shape index (κ3) is 3.43. The smallest absolute Gasteiger partial charge is 0.255 e. The highest BCUT2D eigenvalue weighted by molar-refractivity contribution is 6.07. The monoisotopic (exact) mass is 397 g/mol. The molecule has 1 aliphatic carbocycles. The van der Waals surface area contributed by atoms with E-state index in [1.807, 2.05) is 80.0 Å². The van der Waals surface area contributed by atoms with Gasteiger partial charge in [0, 0.05) is 28.4 Å². The fraction of sp³-hybridized carbons (Fsp3) is 0.200. The second kappa shape index (κ2) is 7.67. The molecule has 0 bridgehead atoms. The minimum Gasteiger partial charge on any atom is -0.493 e. The van der Waals surface area contributed by atoms with E-state index >= 15 is 0 Å². The van der Waals surface area contributed by atoms with Crippen molar-refractivity contribution < 1.29 is 9.53 Å². The Balaban J connectivity index is 1.45. The average Bonchev–Trinajstić information content (AvgIpc) is 3.53. The predicted molar refractivity (Wildman–Crippen MR) is 119 cm³/mol. The van der Waals surface area contributed by atoms with Crippen molar-refractivity contribution in [2.24, 2.45) is 0 Å². The van der Waals surface area contributed by atoms with E-state index in [4.69, 9.17) is 4.74 Å². The largest absolute Gasteiger partial charge is 0.493 e. The van der Waals surface area contributed by atoms with Crippen molar-refractivity contribution in [1.82, 2.24) is 9.55 Å². The number of para-hydroxylation sites is 2. The summed E-state index contributed by atoms with van der Waals surface area (Å²) >= 11 is 0. The van der Waals surface area contributed by atoms with Crippen LogP contribution in [0.25, 0.3) is 22.2 Å². The number of rotatable bonds is 6. The lowest BCUT2D eigenvalue weighted by Crippen LogP contribution is -2.12. The summed E-state index contributed by atoms with van der Waals surface area (Å²) in [4.78, 5) is 17.5. The van der Waals surface area contributed by atoms with Crippen LogP contribution in [0.1, 0.15) is 36.2 Å². The fourth-order valence-electron chi connectivity index (χ4n) is 3.81. The average molecular weight is 397 g/mol. The summed E-state index contributed by atoms with van der Waals surface area (Å²) < 4.78 is 7.99. The van der Waals surface area contributed by atoms with Crippen LogP contribution in [0, 0.1) is 0 Å². The molecule has 4 aromatic rings. The zero-order chi connectivity index (χ0) is 20.5. The molecule has 1 aromatic heterocycles. The van der Waals surface area contributed by atoms with Gasteiger partial charge in [-0.15, -0.1) is 0 Å². The zero-order valence-corrected chi connectivity index (χ0v) is 16.8. The molecule has 0 radical (unpaired) electrons. The van der Waals surface area contributed by atoms with Crippen molar-refractivity contribution in [2.75, 3.05) is 11.9 Å². The standard InChI is InChI=1S/C25H23N3O2/c1-2-30-24-10-6-4-8-20(24)19-7-3-5-9-21(19)27-25(29)17-11-14-23-22(15-17)26-16-28(23)18-12-13-18/h3-11,14-16,18H,2,12-13H2,1H3,(H,27,29). The number of imidazole rings is 1. The van der Waals surface area contributed by atoms with Gasteiger partial charge in [0.25, 0.3) is 5.91 Å². The Kier molecular flexibility index (Phi) is 4.71. The SMILES string of the molecule is CCOc1ccccc1-c1ccccc1NC(=O)c1ccc2c(c1)ncn2C1CC1. The topological polar surface area (TPSA) is 56.1 Å². The number of hydrogen-bond donors (Lipinski definition) is 1. The Labute approximate surface area is 175 Å². The lowest BCUT2D eigenvalue weighted by molar-refractivity contribution is 0.102. The van der Waals surface area contributed by atoms with Crippen molar-refractivity contribution in [3.8, 4) is 16.9 Å². The van der Waals surface area contributed by atoms with Gasteiger partial charge < -0.3 is 14.6 Å². The Morgan fingerprint density at radius 1 is 1.07 bits per heavy atom. The molecule has 1 amide bonds. The van der Waals surface area contributed by atoms with Gasteiger partial charge in [-0.05, 0) is 50.1 Å². The maximum atomic E-state index is 13.0. The third-order valence-corrected chi connectivity index (χ3v) is 5.43. The van der Waals surface area contributed by atoms with Gasteiger partial charge in [-0.2, -0.15) is 0 Å². The van der Waals surface area contributed by atoms with Crippen molar-refractivity contribution in [3.63, 3.8) is 0 Å². The van der Waals surface area contributed by atoms with Crippen LogP contribution in [-0.4, -0.2) is 22.1 Å². The molecule has 5 rings (SSSR count). The maximum absolute atomic E-state index is 13.0. The number of benzene rings is 3. The number of nitrogens with one attached hydrogen (secondary N) is 1. The van der Waals surface area contributed by atoms with Gasteiger partial charge in [0.2, 0.25) is 0 Å². The second-order valence-corrected chi connectivity index (χ2v) is 7.52. The van der Waals surface area contributed by atoms with Crippen LogP contribution in [0.5, 0.6) is 5.75 Å². The molecule has 1 heterocycles. The summed E-state index contributed by atoms with van der Waals surface area (Å²) in [5.41, 5.74) is 5.15. The lowest BCUT2D eigenvalue weighted by Gasteiger charge is -2.15. The minimum absolute atomic E-state index is 0.154. The molecule has 0 spiro atoms. The molecule has 1 aliphatic rings. The highest BCUT2D eigenvalue weighted by Crippen LogP contribution is 2.37. The summed E-state index contributed by atoms with van der Waals surface area (Å²) in [5.74, 6) is 0.646. The Hall–Kier alpha value is -3.60. The van der Waals surface area contributed by atoms with E-state index in [1.165, 1.54) is 12.8 Å². The molecule has 5 heteroatoms. The lowest BCUT2D eigenvalue weighted by atomic mass is 10.0. The Bertz CT molecular complexity index is 1220. The minimum atomic E-state index is -0.154. The first kappa shape index (κ1) is 18.4. The van der Waals surface area contributed by atoms with Gasteiger partial charge in [-0.1, -0.05) is 36.4 Å². The second-order valence-electron chi connectivity index (χ2n) is 7.52. The highest BCUT2D eigenvalue weighted by atomic mass is 16.5. The van der Waals surface area contributed by atoms with Gasteiger partial charge in [0.05, 0.1) is 24.0 Å². The molecule has 0 unspecified atom stereocenters. The fourth-order valence-corrected chi connectivity index (χ4v) is 3.81. The molecule has 1 fully saturated rings. The van der Waals surface area contributed by atoms with Crippen LogP contribution in [0.4, 0.5) is 5.69 Å². The number of fused-ring (bicyclic) bond motifs is 1. The summed E-state index contributed by atoms with van der Waals surface area (Å²) in [6, 6.07) is 21.9. The number of ether oxygens (including phenoxy) is 1. The van der Waals surface area contributed by atoms with E-state index in [9.17, 15) is 4.79 Å². The number of aromatic nitrogens is 2. The number of carbonyl (C=O) groups is 1. The number of hydrogen-bond acceptors (Lipinski definition) is 3. The first-order valence-corrected chi connectivity index (χ1v) is 10.3. The van der Waals surface area contributed by atoms with Gasteiger partial charge >= 0.3 is 0 Å². The summed E-state index contributed by atoms with van der Waals surface area (Å²) in [6.07, 6.45) is 4.28. The van der Waals surface area contributed by atoms with Crippen LogP contribution in [0.3, 0.4) is 0 Å². The molecular weight excluding hydrogens is 374 g/mol. The number of carbonyl (C=O) groups excluding carboxylic acids is 1. The van der Waals surface area contributed by atoms with Crippen LogP contribution >= 0.6 is 0 Å². The molecule has 0 saturated heterocycles. The molecule has 0 aliphatic heterocycles. The summed E-state index contributed by atoms with van der Waals surface area (Å²) in [7, 11) is 0. The molecule has 0 atom stereocenters. The number of anilines is 1. The van der Waals surface area contributed by atoms with E-state index in [0.29, 0.717) is 18.2 Å². The van der Waals surface area contributed by atoms with Crippen LogP contribution in [0.2, 0.25) is 0 Å². The first-order chi connectivity index (χ1) is 14.7. The normalized spacial score (nSPS) is 13.4. The van der Waals surface area contributed by atoms with E-state index in [2.05, 4.69) is 14.9 Å². The molecule has 3 aromatic carbocycles. The van der Waals surface area contributed by atoms with Gasteiger partial charge in [0.15, 0.2) is 0 Å². The van der Waals surface area contributed by atoms with Gasteiger partial charge in [0.1, 0.15) is 5.75 Å². The van der Waals surface area contributed by atoms with Gasteiger partial charge in [-0.25, -0.2) is 4.98 Å². The molecule has 150 valence electrons. The molecule has 1 N–H and O–H groups in total. The van der Waals surface area contributed by atoms with E-state index < -0.39 is 0 Å². The molecule has 1 saturated carbocycles. The molecular formula is C25H23N3O2. The van der Waals surface area contributed by atoms with Crippen LogP contribution < -0.4 is 10.1 Å². The zero-order valence-electron chi connectivity index (χ0n) is 16.8. The van der Waals surface area contributed by atoms with E-state index in [1.54, 1.807) is 0 Å². The van der Waals surface area contributed by atoms with Gasteiger partial charge in [-0.3, -0.25) is 4.79 Å². The number of amides is 1. The van der Waals surface area contributed by atoms with Crippen molar-refractivity contribution >= 4 is 22.6 Å². The predicted octanol–water partition coefficient (Wildman–Crippen LogP) is 5.69. The van der Waals surface area contributed by atoms with Crippen molar-refractivity contribution in [2.45, 2.75) is 25.8 Å². The van der Waals surface area contributed by atoms with Crippen LogP contribution in [-0.2, 0) is 0 Å². The summed E-state index contributed by atoms with van der Waals surface area (Å²) in [6.45, 7) is 2.55. The maximum Gasteiger partial charge on any atom is 0.255 e. The number of nitrogens with zero attached hydrogens (tertiary/aromatic N) is 2. The van der Waals surface area contributed by atoms with E-state index in [-0.39, 0.29) is 5.91 Å². The quantitative estimate of drug-likeness (QED) is 0.455. The Morgan fingerprint density at radius 2 is 1.83 bits per heavy atom.